The number of hydrazine groups is 2. The number of hydrogen-bond donors (Lipinski definition) is 4. The number of carbonyl (C=O) groups is 3. The molecule has 0 aromatic heterocycles. The molecule has 1 fully saturated rings. The van der Waals surface area contributed by atoms with Gasteiger partial charge >= 0.3 is 12.2 Å². The van der Waals surface area contributed by atoms with E-state index in [0.29, 0.717) is 29.9 Å². The molecule has 11 nitrogen and oxygen atoms in total. The van der Waals surface area contributed by atoms with Crippen molar-refractivity contribution in [2.45, 2.75) is 52.4 Å². The monoisotopic (exact) mass is 600 g/mol. The van der Waals surface area contributed by atoms with Crippen LogP contribution >= 0.6 is 11.8 Å². The van der Waals surface area contributed by atoms with Crippen LogP contribution in [-0.2, 0) is 20.8 Å². The minimum atomic E-state index is -0.619. The second-order valence-corrected chi connectivity index (χ2v) is 12.1. The third-order valence-electron chi connectivity index (χ3n) is 6.30. The lowest BCUT2D eigenvalue weighted by atomic mass is 10.0. The van der Waals surface area contributed by atoms with Crippen LogP contribution in [-0.4, -0.2) is 60.1 Å². The quantitative estimate of drug-likeness (QED) is 0.281. The summed E-state index contributed by atoms with van der Waals surface area (Å²) >= 11 is 1.64. The van der Waals surface area contributed by atoms with Crippen molar-refractivity contribution in [1.82, 2.24) is 26.6 Å². The summed E-state index contributed by atoms with van der Waals surface area (Å²) in [6.07, 6.45) is 1.11. The predicted octanol–water partition coefficient (Wildman–Crippen LogP) is 4.23. The Morgan fingerprint density at radius 2 is 1.98 bits per heavy atom. The average molecular weight is 601 g/mol. The van der Waals surface area contributed by atoms with Gasteiger partial charge in [-0.1, -0.05) is 24.3 Å². The van der Waals surface area contributed by atoms with Crippen molar-refractivity contribution >= 4 is 35.5 Å². The lowest BCUT2D eigenvalue weighted by molar-refractivity contribution is -0.119. The van der Waals surface area contributed by atoms with E-state index < -0.39 is 23.6 Å². The van der Waals surface area contributed by atoms with Crippen molar-refractivity contribution in [3.05, 3.63) is 65.1 Å². The molecule has 3 amide bonds. The first-order valence-corrected chi connectivity index (χ1v) is 14.7. The van der Waals surface area contributed by atoms with Crippen LogP contribution in [0.1, 0.15) is 39.7 Å². The highest BCUT2D eigenvalue weighted by atomic mass is 32.2. The molecule has 0 bridgehead atoms. The lowest BCUT2D eigenvalue weighted by Crippen LogP contribution is -2.37. The minimum Gasteiger partial charge on any atom is -0.444 e. The van der Waals surface area contributed by atoms with Crippen LogP contribution in [0.4, 0.5) is 19.7 Å². The van der Waals surface area contributed by atoms with Crippen LogP contribution in [0.5, 0.6) is 0 Å². The fourth-order valence-electron chi connectivity index (χ4n) is 4.32. The Hall–Kier alpha value is -3.97. The highest BCUT2D eigenvalue weighted by molar-refractivity contribution is 8.03. The highest BCUT2D eigenvalue weighted by Crippen LogP contribution is 2.29. The van der Waals surface area contributed by atoms with Crippen LogP contribution < -0.4 is 26.6 Å². The van der Waals surface area contributed by atoms with Crippen LogP contribution in [0.2, 0.25) is 0 Å². The number of halogens is 1. The first-order chi connectivity index (χ1) is 20.0. The molecule has 2 aliphatic heterocycles. The fourth-order valence-corrected chi connectivity index (χ4v) is 5.08. The van der Waals surface area contributed by atoms with E-state index in [-0.39, 0.29) is 25.1 Å². The number of cyclic esters (lactones) is 1. The van der Waals surface area contributed by atoms with Gasteiger partial charge in [0.1, 0.15) is 22.6 Å². The summed E-state index contributed by atoms with van der Waals surface area (Å²) in [7, 11) is 0. The third-order valence-corrected chi connectivity index (χ3v) is 7.32. The van der Waals surface area contributed by atoms with Gasteiger partial charge in [-0.25, -0.2) is 14.0 Å². The van der Waals surface area contributed by atoms with Crippen LogP contribution in [0.25, 0.3) is 11.1 Å². The summed E-state index contributed by atoms with van der Waals surface area (Å²) in [5, 5.41) is 3.60. The molecule has 1 atom stereocenters. The van der Waals surface area contributed by atoms with Crippen LogP contribution in [0, 0.1) is 5.82 Å². The van der Waals surface area contributed by atoms with Crippen LogP contribution in [0.3, 0.4) is 0 Å². The van der Waals surface area contributed by atoms with Crippen molar-refractivity contribution in [3.63, 3.8) is 0 Å². The van der Waals surface area contributed by atoms with E-state index in [1.807, 2.05) is 51.2 Å². The van der Waals surface area contributed by atoms with E-state index in [1.54, 1.807) is 28.8 Å². The molecule has 0 saturated carbocycles. The topological polar surface area (TPSA) is 124 Å². The van der Waals surface area contributed by atoms with Crippen molar-refractivity contribution < 1.29 is 28.2 Å². The smallest absolute Gasteiger partial charge is 0.414 e. The van der Waals surface area contributed by atoms with Crippen molar-refractivity contribution in [1.29, 1.82) is 0 Å². The van der Waals surface area contributed by atoms with E-state index in [9.17, 15) is 14.4 Å². The van der Waals surface area contributed by atoms with Gasteiger partial charge in [-0.05, 0) is 56.5 Å². The van der Waals surface area contributed by atoms with Gasteiger partial charge in [-0.15, -0.1) is 11.8 Å². The van der Waals surface area contributed by atoms with Crippen LogP contribution in [0.15, 0.2) is 53.7 Å². The Morgan fingerprint density at radius 3 is 2.62 bits per heavy atom. The zero-order chi connectivity index (χ0) is 30.3. The number of amides is 3. The first-order valence-electron chi connectivity index (χ1n) is 13.7. The summed E-state index contributed by atoms with van der Waals surface area (Å²) in [5.74, 6) is 0.105. The molecule has 0 radical (unpaired) electrons. The second-order valence-electron chi connectivity index (χ2n) is 10.9. The molecule has 226 valence electrons. The molecule has 42 heavy (non-hydrogen) atoms. The molecular weight excluding hydrogens is 563 g/mol. The van der Waals surface area contributed by atoms with Gasteiger partial charge in [0.15, 0.2) is 0 Å². The van der Waals surface area contributed by atoms with E-state index >= 15 is 4.39 Å². The summed E-state index contributed by atoms with van der Waals surface area (Å²) in [5.41, 5.74) is 10.3. The van der Waals surface area contributed by atoms with Gasteiger partial charge in [-0.2, -0.15) is 5.53 Å². The molecule has 4 N–H and O–H groups in total. The average Bonchev–Trinajstić information content (AvgIpc) is 3.58. The maximum absolute atomic E-state index is 15.2. The Balaban J connectivity index is 1.39. The number of benzene rings is 2. The van der Waals surface area contributed by atoms with Gasteiger partial charge in [0.25, 0.3) is 0 Å². The molecule has 0 spiro atoms. The lowest BCUT2D eigenvalue weighted by Gasteiger charge is -2.27. The summed E-state index contributed by atoms with van der Waals surface area (Å²) < 4.78 is 26.1. The molecule has 13 heteroatoms. The summed E-state index contributed by atoms with van der Waals surface area (Å²) in [4.78, 5) is 39.4. The van der Waals surface area contributed by atoms with Gasteiger partial charge in [-0.3, -0.25) is 15.1 Å². The van der Waals surface area contributed by atoms with E-state index in [0.717, 1.165) is 22.8 Å². The minimum absolute atomic E-state index is 0.194. The zero-order valence-electron chi connectivity index (χ0n) is 24.2. The number of rotatable bonds is 11. The fraction of sp³-hybridized carbons (Fsp3) is 0.414. The highest BCUT2D eigenvalue weighted by Gasteiger charge is 2.32. The molecule has 0 unspecified atom stereocenters. The normalized spacial score (nSPS) is 16.3. The maximum Gasteiger partial charge on any atom is 0.414 e. The Morgan fingerprint density at radius 1 is 1.21 bits per heavy atom. The SMILES string of the molecule is CC(=O)NC[C@H]1CN(c2ccc(-c3ccc(CN(CCCSC4=CNNN4)C(=O)OC(C)(C)C)cc3)c(F)c2)C(=O)O1. The number of thioether (sulfide) groups is 1. The number of anilines is 1. The summed E-state index contributed by atoms with van der Waals surface area (Å²) in [6, 6.07) is 11.9. The van der Waals surface area contributed by atoms with Crippen molar-refractivity contribution in [2.75, 3.05) is 30.3 Å². The van der Waals surface area contributed by atoms with E-state index in [1.165, 1.54) is 17.9 Å². The number of nitrogens with one attached hydrogen (secondary N) is 4. The molecule has 1 saturated heterocycles. The van der Waals surface area contributed by atoms with Gasteiger partial charge in [0, 0.05) is 37.5 Å². The van der Waals surface area contributed by atoms with E-state index in [2.05, 4.69) is 21.7 Å². The zero-order valence-corrected chi connectivity index (χ0v) is 25.0. The molecular formula is C29H37FN6O5S. The molecule has 0 aliphatic carbocycles. The van der Waals surface area contributed by atoms with Gasteiger partial charge in [0.05, 0.1) is 18.8 Å². The maximum atomic E-state index is 15.2. The first kappa shape index (κ1) is 31.0. The van der Waals surface area contributed by atoms with Gasteiger partial charge < -0.3 is 25.1 Å². The standard InChI is InChI=1S/C29H37FN6O5S/c1-19(37)31-15-23-18-36(28(39)40-23)22-10-11-24(25(30)14-22)21-8-6-20(7-9-21)17-35(27(38)41-29(2,3)4)12-5-13-42-26-16-32-34-33-26/h6-11,14,16,23,32-34H,5,12-13,15,17-18H2,1-4H3,(H,31,37)/t23-/m0/s1. The number of hydrogen-bond acceptors (Lipinski definition) is 9. The number of nitrogens with zero attached hydrogens (tertiary/aromatic N) is 2. The third kappa shape index (κ3) is 8.76. The molecule has 2 aromatic carbocycles. The van der Waals surface area contributed by atoms with Crippen molar-refractivity contribution in [3.8, 4) is 11.1 Å². The summed E-state index contributed by atoms with van der Waals surface area (Å²) in [6.45, 7) is 8.16. The van der Waals surface area contributed by atoms with Crippen molar-refractivity contribution in [2.24, 2.45) is 0 Å². The molecule has 2 aliphatic rings. The largest absolute Gasteiger partial charge is 0.444 e. The van der Waals surface area contributed by atoms with E-state index in [4.69, 9.17) is 9.47 Å². The molecule has 4 rings (SSSR count). The Labute approximate surface area is 249 Å². The number of carbonyl (C=O) groups excluding carboxylic acids is 3. The Bertz CT molecular complexity index is 1320. The van der Waals surface area contributed by atoms with Gasteiger partial charge in [0.2, 0.25) is 5.91 Å². The predicted molar refractivity (Wildman–Crippen MR) is 159 cm³/mol. The second kappa shape index (κ2) is 13.8. The molecule has 2 heterocycles. The number of ether oxygens (including phenoxy) is 2. The molecule has 2 aromatic rings. The Kier molecular flexibility index (Phi) is 10.2.